The highest BCUT2D eigenvalue weighted by atomic mass is 16.5. The first-order valence-electron chi connectivity index (χ1n) is 31.1. The molecule has 0 aliphatic carbocycles. The molecule has 0 saturated carbocycles. The molecule has 474 valence electrons. The summed E-state index contributed by atoms with van der Waals surface area (Å²) in [6.45, 7) is 46.6. The van der Waals surface area contributed by atoms with E-state index in [-0.39, 0.29) is 7.43 Å². The topological polar surface area (TPSA) is 62.6 Å². The number of benzene rings is 2. The Kier molecular flexibility index (Phi) is 92.2. The smallest absolute Gasteiger partial charge is 0.0943 e. The zero-order chi connectivity index (χ0) is 61.8. The van der Waals surface area contributed by atoms with Gasteiger partial charge >= 0.3 is 0 Å². The predicted molar refractivity (Wildman–Crippen MR) is 368 cm³/mol. The number of likely N-dealkylation sites (N-methyl/N-ethyl adjacent to an activating group) is 3. The third-order valence-electron chi connectivity index (χ3n) is 10.7. The number of para-hydroxylation sites is 1. The SMILES string of the molecule is C.CC.CC.CC.CCC.CCC.CCCC.CCCN(C)C.CN(C)c1ccccc1.CN1CCCC1.CN1CCCCC1.CN1CCN(C)CC1.CN1CCOCC1.Cc1ccccc1.Cc1ccncc1.Cn1ccnc1. The number of unbranched alkanes of at least 4 members (excludes halogenated alkanes) is 1. The first-order chi connectivity index (χ1) is 38.0. The molecule has 11 nitrogen and oxygen atoms in total. The summed E-state index contributed by atoms with van der Waals surface area (Å²) in [5.41, 5.74) is 3.83. The van der Waals surface area contributed by atoms with Crippen LogP contribution in [0.1, 0.15) is 173 Å². The summed E-state index contributed by atoms with van der Waals surface area (Å²) in [5.74, 6) is 0. The van der Waals surface area contributed by atoms with Crippen molar-refractivity contribution in [2.75, 3.05) is 154 Å². The third kappa shape index (κ3) is 85.6. The van der Waals surface area contributed by atoms with Gasteiger partial charge in [0.1, 0.15) is 0 Å². The molecule has 0 unspecified atom stereocenters. The fraction of sp³-hybridized carbons (Fsp3) is 0.710. The second-order valence-electron chi connectivity index (χ2n) is 19.8. The molecule has 0 amide bonds. The molecule has 0 radical (unpaired) electrons. The molecule has 0 spiro atoms. The van der Waals surface area contributed by atoms with Crippen LogP contribution >= 0.6 is 0 Å². The fourth-order valence-electron chi connectivity index (χ4n) is 5.95. The summed E-state index contributed by atoms with van der Waals surface area (Å²) in [7, 11) is 21.0. The van der Waals surface area contributed by atoms with Crippen LogP contribution in [-0.4, -0.2) is 193 Å². The van der Waals surface area contributed by atoms with E-state index >= 15 is 0 Å². The minimum absolute atomic E-state index is 0. The molecule has 0 atom stereocenters. The molecule has 4 fully saturated rings. The Morgan fingerprint density at radius 3 is 0.925 bits per heavy atom. The van der Waals surface area contributed by atoms with Crippen molar-refractivity contribution in [1.29, 1.82) is 0 Å². The first kappa shape index (κ1) is 92.8. The number of aryl methyl sites for hydroxylation is 3. The number of nitrogens with zero attached hydrogens (tertiary/aromatic N) is 10. The van der Waals surface area contributed by atoms with Gasteiger partial charge in [0.15, 0.2) is 0 Å². The van der Waals surface area contributed by atoms with Crippen molar-refractivity contribution in [3.63, 3.8) is 0 Å². The maximum atomic E-state index is 5.10. The van der Waals surface area contributed by atoms with E-state index in [2.05, 4.69) is 173 Å². The summed E-state index contributed by atoms with van der Waals surface area (Å²) in [6.07, 6.45) is 22.5. The Labute approximate surface area is 503 Å². The first-order valence-corrected chi connectivity index (χ1v) is 31.1. The van der Waals surface area contributed by atoms with Crippen LogP contribution in [0, 0.1) is 13.8 Å². The molecule has 4 aromatic rings. The number of morpholine rings is 1. The van der Waals surface area contributed by atoms with Gasteiger partial charge in [-0.25, -0.2) is 4.98 Å². The summed E-state index contributed by atoms with van der Waals surface area (Å²) in [5, 5.41) is 0. The van der Waals surface area contributed by atoms with Crippen molar-refractivity contribution in [1.82, 2.24) is 43.9 Å². The highest BCUT2D eigenvalue weighted by molar-refractivity contribution is 5.43. The maximum absolute atomic E-state index is 5.10. The van der Waals surface area contributed by atoms with E-state index in [0.29, 0.717) is 0 Å². The van der Waals surface area contributed by atoms with Gasteiger partial charge in [0, 0.05) is 90.9 Å². The number of likely N-dealkylation sites (tertiary alicyclic amines) is 2. The number of pyridine rings is 1. The van der Waals surface area contributed by atoms with Crippen molar-refractivity contribution in [3.05, 3.63) is 115 Å². The summed E-state index contributed by atoms with van der Waals surface area (Å²) in [6, 6.07) is 24.5. The summed E-state index contributed by atoms with van der Waals surface area (Å²) >= 11 is 0. The van der Waals surface area contributed by atoms with Crippen LogP contribution in [0.3, 0.4) is 0 Å². The number of piperidine rings is 1. The summed E-state index contributed by atoms with van der Waals surface area (Å²) in [4.78, 5) is 23.6. The van der Waals surface area contributed by atoms with E-state index in [0.717, 1.165) is 26.3 Å². The Bertz CT molecular complexity index is 1460. The zero-order valence-corrected chi connectivity index (χ0v) is 57.5. The second kappa shape index (κ2) is 79.5. The van der Waals surface area contributed by atoms with Crippen LogP contribution in [0.2, 0.25) is 0 Å². The number of ether oxygens (including phenoxy) is 1. The summed E-state index contributed by atoms with van der Waals surface area (Å²) < 4.78 is 6.99. The number of imidazole rings is 1. The van der Waals surface area contributed by atoms with Crippen LogP contribution in [-0.2, 0) is 11.8 Å². The van der Waals surface area contributed by atoms with E-state index in [4.69, 9.17) is 4.74 Å². The lowest BCUT2D eigenvalue weighted by Crippen LogP contribution is -2.42. The van der Waals surface area contributed by atoms with Crippen molar-refractivity contribution in [2.45, 2.75) is 175 Å². The standard InChI is InChI=1S/C8H11N.C7H8.C6H14N2.C6H7N.C6H13N.C5H11NO.C5H11N.C5H13N.C4H6N2.C4H10.2C3H8.3C2H6.CH4/c1-9(2)8-6-4-3-5-7-8;1-7-5-3-2-4-6-7;1-7-3-5-8(2)6-4-7;1-6-2-4-7-5-3-6;1-7-5-3-2-4-6-7;1-6-2-4-7-5-3-6;1-6-4-2-3-5-6;1-4-5-6(2)3;1-6-3-2-5-4-6;1-3-4-2;2*1-3-2;3*1-2;/h3-7H,1-2H3;2-6H,1H3;3-6H2,1-2H3;2-5H,1H3;2-6H2,1H3;2-5H2,1H3;2-5H2,1H3;4-5H2,1-3H3;2-4H,1H3;3-4H2,1-2H3;2*3H2,1-2H3;3*1-2H3;1H4. The molecular weight excluding hydrogens is 985 g/mol. The number of hydrogen-bond donors (Lipinski definition) is 0. The van der Waals surface area contributed by atoms with Crippen LogP contribution in [0.25, 0.3) is 0 Å². The van der Waals surface area contributed by atoms with Gasteiger partial charge < -0.3 is 43.6 Å². The third-order valence-corrected chi connectivity index (χ3v) is 10.7. The highest BCUT2D eigenvalue weighted by Crippen LogP contribution is 2.07. The van der Waals surface area contributed by atoms with E-state index in [1.165, 1.54) is 140 Å². The zero-order valence-electron chi connectivity index (χ0n) is 57.5. The number of anilines is 1. The molecule has 0 N–H and O–H groups in total. The monoisotopic (exact) mass is 1130 g/mol. The van der Waals surface area contributed by atoms with Crippen molar-refractivity contribution in [3.8, 4) is 0 Å². The Balaban J connectivity index is -0.000000118. The minimum Gasteiger partial charge on any atom is -0.379 e. The van der Waals surface area contributed by atoms with Gasteiger partial charge in [-0.3, -0.25) is 4.98 Å². The molecule has 2 aromatic carbocycles. The van der Waals surface area contributed by atoms with Gasteiger partial charge in [-0.2, -0.15) is 0 Å². The molecule has 2 aromatic heterocycles. The van der Waals surface area contributed by atoms with E-state index in [1.807, 2.05) is 129 Å². The van der Waals surface area contributed by atoms with Gasteiger partial charge in [-0.15, -0.1) is 0 Å². The van der Waals surface area contributed by atoms with E-state index in [9.17, 15) is 0 Å². The number of hydrogen-bond acceptors (Lipinski definition) is 10. The lowest BCUT2D eigenvalue weighted by Gasteiger charge is -2.28. The Hall–Kier alpha value is -3.68. The van der Waals surface area contributed by atoms with Crippen LogP contribution < -0.4 is 4.90 Å². The Morgan fingerprint density at radius 1 is 0.425 bits per heavy atom. The fourth-order valence-corrected chi connectivity index (χ4v) is 5.95. The second-order valence-corrected chi connectivity index (χ2v) is 19.8. The van der Waals surface area contributed by atoms with Gasteiger partial charge in [0.25, 0.3) is 0 Å². The van der Waals surface area contributed by atoms with Crippen molar-refractivity contribution >= 4 is 5.69 Å². The largest absolute Gasteiger partial charge is 0.379 e. The molecule has 0 bridgehead atoms. The molecule has 4 saturated heterocycles. The molecule has 4 aliphatic heterocycles. The van der Waals surface area contributed by atoms with E-state index in [1.54, 1.807) is 24.9 Å². The molecule has 80 heavy (non-hydrogen) atoms. The lowest BCUT2D eigenvalue weighted by molar-refractivity contribution is 0.0503. The van der Waals surface area contributed by atoms with Crippen molar-refractivity contribution < 1.29 is 4.74 Å². The van der Waals surface area contributed by atoms with Gasteiger partial charge in [0.05, 0.1) is 19.5 Å². The van der Waals surface area contributed by atoms with Gasteiger partial charge in [-0.05, 0) is 158 Å². The number of rotatable bonds is 4. The molecule has 11 heteroatoms. The number of piperazine rings is 1. The molecular formula is C69H142N10O. The van der Waals surface area contributed by atoms with Gasteiger partial charge in [0.2, 0.25) is 0 Å². The van der Waals surface area contributed by atoms with Crippen LogP contribution in [0.15, 0.2) is 104 Å². The van der Waals surface area contributed by atoms with Crippen LogP contribution in [0.4, 0.5) is 5.69 Å². The predicted octanol–water partition coefficient (Wildman–Crippen LogP) is 16.5. The number of aromatic nitrogens is 3. The van der Waals surface area contributed by atoms with Crippen molar-refractivity contribution in [2.24, 2.45) is 7.05 Å². The average Bonchev–Trinajstić information content (AvgIpc) is 4.17. The Morgan fingerprint density at radius 2 is 0.762 bits per heavy atom. The lowest BCUT2D eigenvalue weighted by atomic mass is 10.1. The molecule has 4 aliphatic rings. The average molecular weight is 1130 g/mol. The molecule has 8 rings (SSSR count). The maximum Gasteiger partial charge on any atom is 0.0943 e. The normalized spacial score (nSPS) is 14.0. The quantitative estimate of drug-likeness (QED) is 0.197. The molecule has 6 heterocycles. The van der Waals surface area contributed by atoms with E-state index < -0.39 is 0 Å². The minimum atomic E-state index is 0. The highest BCUT2D eigenvalue weighted by Gasteiger charge is 2.08. The van der Waals surface area contributed by atoms with Gasteiger partial charge in [-0.1, -0.05) is 184 Å². The van der Waals surface area contributed by atoms with Crippen LogP contribution in [0.5, 0.6) is 0 Å².